The summed E-state index contributed by atoms with van der Waals surface area (Å²) in [5.41, 5.74) is 4.33. The van der Waals surface area contributed by atoms with Crippen molar-refractivity contribution in [3.63, 3.8) is 0 Å². The number of hydrogen-bond donors (Lipinski definition) is 0. The first-order valence-corrected chi connectivity index (χ1v) is 14.6. The van der Waals surface area contributed by atoms with Crippen molar-refractivity contribution in [3.8, 4) is 20.9 Å². The van der Waals surface area contributed by atoms with Crippen molar-refractivity contribution in [1.82, 2.24) is 0 Å². The topological polar surface area (TPSA) is 0 Å². The summed E-state index contributed by atoms with van der Waals surface area (Å²) in [6.07, 6.45) is 0. The van der Waals surface area contributed by atoms with Crippen LogP contribution in [0.25, 0.3) is 20.9 Å². The molecule has 0 nitrogen and oxygen atoms in total. The molecular weight excluding hydrogens is 541 g/mol. The lowest BCUT2D eigenvalue weighted by Crippen LogP contribution is -1.91. The molecule has 8 heteroatoms. The Kier molecular flexibility index (Phi) is 6.98. The van der Waals surface area contributed by atoms with Gasteiger partial charge < -0.3 is 0 Å². The predicted molar refractivity (Wildman–Crippen MR) is 146 cm³/mol. The van der Waals surface area contributed by atoms with Gasteiger partial charge in [-0.05, 0) is 48.2 Å². The molecule has 0 saturated heterocycles. The van der Waals surface area contributed by atoms with Crippen molar-refractivity contribution in [2.75, 3.05) is 0 Å². The van der Waals surface area contributed by atoms with Gasteiger partial charge in [0.15, 0.2) is 10.3 Å². The van der Waals surface area contributed by atoms with Crippen LogP contribution in [0, 0.1) is 35.7 Å². The molecule has 2 unspecified atom stereocenters. The van der Waals surface area contributed by atoms with Crippen LogP contribution in [-0.2, 0) is 0 Å². The number of halogens is 4. The van der Waals surface area contributed by atoms with E-state index < -0.39 is 21.9 Å². The van der Waals surface area contributed by atoms with Crippen LogP contribution in [0.15, 0.2) is 48.5 Å². The highest BCUT2D eigenvalue weighted by Crippen LogP contribution is 2.43. The summed E-state index contributed by atoms with van der Waals surface area (Å²) in [7, 11) is 0. The molecule has 0 spiro atoms. The second-order valence-electron chi connectivity index (χ2n) is 8.87. The van der Waals surface area contributed by atoms with Crippen molar-refractivity contribution in [1.29, 1.82) is 0 Å². The third-order valence-corrected chi connectivity index (χ3v) is 11.4. The molecule has 0 bridgehead atoms. The summed E-state index contributed by atoms with van der Waals surface area (Å²) in [5, 5.41) is -1.01. The first kappa shape index (κ1) is 25.4. The Morgan fingerprint density at radius 2 is 0.917 bits per heavy atom. The largest absolute Gasteiger partial charge is 0.206 e. The highest BCUT2D eigenvalue weighted by atomic mass is 32.1. The van der Waals surface area contributed by atoms with Crippen LogP contribution < -0.4 is 0 Å². The Balaban J connectivity index is 1.40. The van der Waals surface area contributed by atoms with E-state index in [-0.39, 0.29) is 11.8 Å². The molecule has 36 heavy (non-hydrogen) atoms. The Morgan fingerprint density at radius 3 is 1.22 bits per heavy atom. The molecular formula is C28H22F4S4. The molecule has 1 aromatic carbocycles. The minimum absolute atomic E-state index is 0.216. The van der Waals surface area contributed by atoms with Gasteiger partial charge in [-0.15, -0.1) is 45.3 Å². The Morgan fingerprint density at radius 1 is 0.556 bits per heavy atom. The highest BCUT2D eigenvalue weighted by molar-refractivity contribution is 7.16. The van der Waals surface area contributed by atoms with Gasteiger partial charge >= 0.3 is 0 Å². The van der Waals surface area contributed by atoms with Crippen LogP contribution >= 0.6 is 45.3 Å². The molecule has 0 saturated carbocycles. The van der Waals surface area contributed by atoms with E-state index in [1.54, 1.807) is 22.7 Å². The number of hydrogen-bond acceptors (Lipinski definition) is 4. The van der Waals surface area contributed by atoms with Crippen LogP contribution in [0.2, 0.25) is 0 Å². The molecule has 0 radical (unpaired) electrons. The van der Waals surface area contributed by atoms with Crippen LogP contribution in [0.1, 0.15) is 56.3 Å². The Bertz CT molecular complexity index is 1420. The van der Waals surface area contributed by atoms with Crippen molar-refractivity contribution in [2.45, 2.75) is 39.5 Å². The van der Waals surface area contributed by atoms with Crippen molar-refractivity contribution < 1.29 is 17.6 Å². The van der Waals surface area contributed by atoms with Gasteiger partial charge in [-0.1, -0.05) is 38.1 Å². The molecule has 5 aromatic rings. The monoisotopic (exact) mass is 562 g/mol. The van der Waals surface area contributed by atoms with Gasteiger partial charge in [0.1, 0.15) is 11.6 Å². The zero-order valence-corrected chi connectivity index (χ0v) is 23.2. The van der Waals surface area contributed by atoms with E-state index in [1.165, 1.54) is 0 Å². The summed E-state index contributed by atoms with van der Waals surface area (Å²) in [6.45, 7) is 7.87. The fourth-order valence-electron chi connectivity index (χ4n) is 4.34. The third-order valence-electron chi connectivity index (χ3n) is 6.29. The zero-order valence-electron chi connectivity index (χ0n) is 19.9. The molecule has 0 aliphatic carbocycles. The normalized spacial score (nSPS) is 13.3. The lowest BCUT2D eigenvalue weighted by atomic mass is 10.0. The van der Waals surface area contributed by atoms with E-state index in [2.05, 4.69) is 36.4 Å². The maximum absolute atomic E-state index is 14.1. The summed E-state index contributed by atoms with van der Waals surface area (Å²) in [6, 6.07) is 14.3. The summed E-state index contributed by atoms with van der Waals surface area (Å²) >= 11 is 4.93. The quantitative estimate of drug-likeness (QED) is 0.181. The first-order chi connectivity index (χ1) is 17.1. The predicted octanol–water partition coefficient (Wildman–Crippen LogP) is 10.7. The number of benzene rings is 1. The summed E-state index contributed by atoms with van der Waals surface area (Å²) in [4.78, 5) is 5.04. The lowest BCUT2D eigenvalue weighted by Gasteiger charge is -2.07. The van der Waals surface area contributed by atoms with Crippen molar-refractivity contribution >= 4 is 45.3 Å². The zero-order chi connectivity index (χ0) is 25.7. The molecule has 0 aliphatic heterocycles. The van der Waals surface area contributed by atoms with Gasteiger partial charge in [0.2, 0.25) is 0 Å². The minimum atomic E-state index is -0.507. The van der Waals surface area contributed by atoms with Gasteiger partial charge in [0.25, 0.3) is 0 Å². The van der Waals surface area contributed by atoms with Crippen LogP contribution in [0.5, 0.6) is 0 Å². The van der Waals surface area contributed by atoms with Gasteiger partial charge in [-0.3, -0.25) is 0 Å². The smallest absolute Gasteiger partial charge is 0.179 e. The molecule has 5 rings (SSSR count). The SMILES string of the molecule is Cc1cc(C(C)c2sc(F)cc2F)sc1-c1ccc(-c2sc(C(C)c3sc(F)cc3F)cc2C)cc1. The number of aryl methyl sites for hydroxylation is 2. The molecule has 0 fully saturated rings. The molecule has 4 heterocycles. The minimum Gasteiger partial charge on any atom is -0.206 e. The van der Waals surface area contributed by atoms with Crippen molar-refractivity contribution in [2.24, 2.45) is 0 Å². The molecule has 0 N–H and O–H groups in total. The van der Waals surface area contributed by atoms with Crippen LogP contribution in [-0.4, -0.2) is 0 Å². The average Bonchev–Trinajstić information content (AvgIpc) is 3.59. The number of thiophene rings is 4. The fourth-order valence-corrected chi connectivity index (χ4v) is 8.64. The van der Waals surface area contributed by atoms with E-state index in [1.807, 2.05) is 27.7 Å². The van der Waals surface area contributed by atoms with Crippen LogP contribution in [0.3, 0.4) is 0 Å². The van der Waals surface area contributed by atoms with Gasteiger partial charge in [0.05, 0.1) is 9.75 Å². The second kappa shape index (κ2) is 9.89. The van der Waals surface area contributed by atoms with E-state index >= 15 is 0 Å². The second-order valence-corrected chi connectivity index (χ2v) is 13.1. The molecule has 2 atom stereocenters. The highest BCUT2D eigenvalue weighted by Gasteiger charge is 2.22. The van der Waals surface area contributed by atoms with Crippen molar-refractivity contribution in [3.05, 3.63) is 101 Å². The fraction of sp³-hybridized carbons (Fsp3) is 0.214. The molecule has 186 valence electrons. The maximum atomic E-state index is 14.1. The van der Waals surface area contributed by atoms with Crippen LogP contribution in [0.4, 0.5) is 17.6 Å². The van der Waals surface area contributed by atoms with E-state index in [0.29, 0.717) is 9.75 Å². The average molecular weight is 563 g/mol. The maximum Gasteiger partial charge on any atom is 0.179 e. The molecule has 0 aliphatic rings. The number of rotatable bonds is 6. The van der Waals surface area contributed by atoms with Gasteiger partial charge in [-0.2, -0.15) is 8.78 Å². The van der Waals surface area contributed by atoms with Gasteiger partial charge in [-0.25, -0.2) is 8.78 Å². The first-order valence-electron chi connectivity index (χ1n) is 11.3. The van der Waals surface area contributed by atoms with E-state index in [0.717, 1.165) is 76.6 Å². The Hall–Kier alpha value is -2.26. The summed E-state index contributed by atoms with van der Waals surface area (Å²) < 4.78 is 55.3. The van der Waals surface area contributed by atoms with E-state index in [9.17, 15) is 17.6 Å². The third kappa shape index (κ3) is 4.72. The van der Waals surface area contributed by atoms with Gasteiger partial charge in [0, 0.05) is 43.5 Å². The molecule has 0 amide bonds. The Labute approximate surface area is 223 Å². The molecule has 4 aromatic heterocycles. The summed E-state index contributed by atoms with van der Waals surface area (Å²) in [5.74, 6) is -1.41. The standard InChI is InChI=1S/C28H22F4S4/c1-13-9-21(15(3)27-19(29)11-23(31)35-27)33-25(13)17-5-7-18(8-6-17)26-14(2)10-22(34-26)16(4)28-20(30)12-24(32)36-28/h5-12,15-16H,1-4H3. The lowest BCUT2D eigenvalue weighted by molar-refractivity contribution is 0.596. The van der Waals surface area contributed by atoms with E-state index in [4.69, 9.17) is 0 Å².